The van der Waals surface area contributed by atoms with E-state index in [1.807, 2.05) is 0 Å². The van der Waals surface area contributed by atoms with Gasteiger partial charge in [-0.15, -0.1) is 0 Å². The Morgan fingerprint density at radius 1 is 1.10 bits per heavy atom. The van der Waals surface area contributed by atoms with Crippen LogP contribution in [0.5, 0.6) is 0 Å². The number of hydrogen-bond donors (Lipinski definition) is 4. The molecule has 5 atom stereocenters. The Bertz CT molecular complexity index is 1370. The van der Waals surface area contributed by atoms with Crippen LogP contribution >= 0.6 is 11.6 Å². The lowest BCUT2D eigenvalue weighted by Gasteiger charge is -2.42. The van der Waals surface area contributed by atoms with E-state index in [0.29, 0.717) is 25.0 Å². The van der Waals surface area contributed by atoms with Gasteiger partial charge in [-0.2, -0.15) is 0 Å². The van der Waals surface area contributed by atoms with E-state index in [9.17, 15) is 41.4 Å². The number of aliphatic hydroxyl groups is 2. The van der Waals surface area contributed by atoms with E-state index in [-0.39, 0.29) is 47.0 Å². The van der Waals surface area contributed by atoms with Crippen LogP contribution in [0.2, 0.25) is 5.02 Å². The fraction of sp³-hybridized carbons (Fsp3) is 0.462. The molecular formula is C26H28ClF3N2O6S. The first-order valence-corrected chi connectivity index (χ1v) is 14.3. The summed E-state index contributed by atoms with van der Waals surface area (Å²) in [7, 11) is -4.09. The third kappa shape index (κ3) is 5.93. The Kier molecular flexibility index (Phi) is 8.32. The first kappa shape index (κ1) is 29.3. The monoisotopic (exact) mass is 588 g/mol. The molecule has 212 valence electrons. The zero-order chi connectivity index (χ0) is 28.7. The predicted molar refractivity (Wildman–Crippen MR) is 136 cm³/mol. The van der Waals surface area contributed by atoms with Gasteiger partial charge in [-0.1, -0.05) is 11.6 Å². The average Bonchev–Trinajstić information content (AvgIpc) is 3.01. The highest BCUT2D eigenvalue weighted by atomic mass is 35.5. The molecule has 4 N–H and O–H groups in total. The molecule has 4 rings (SSSR count). The van der Waals surface area contributed by atoms with Crippen LogP contribution in [-0.4, -0.2) is 53.9 Å². The number of rotatable bonds is 8. The van der Waals surface area contributed by atoms with E-state index in [4.69, 9.17) is 11.6 Å². The van der Waals surface area contributed by atoms with Crippen LogP contribution in [0.1, 0.15) is 49.4 Å². The molecule has 2 amide bonds. The lowest BCUT2D eigenvalue weighted by Crippen LogP contribution is -2.51. The van der Waals surface area contributed by atoms with E-state index in [0.717, 1.165) is 6.07 Å². The van der Waals surface area contributed by atoms with Crippen molar-refractivity contribution in [2.75, 3.05) is 11.9 Å². The summed E-state index contributed by atoms with van der Waals surface area (Å²) in [6, 6.07) is 4.70. The number of carbonyl (C=O) groups excluding carboxylic acids is 2. The molecule has 8 nitrogen and oxygen atoms in total. The molecule has 2 aliphatic carbocycles. The van der Waals surface area contributed by atoms with E-state index < -0.39 is 67.9 Å². The Balaban J connectivity index is 1.52. The third-order valence-corrected chi connectivity index (χ3v) is 10.2. The first-order chi connectivity index (χ1) is 18.2. The molecule has 2 aromatic rings. The fourth-order valence-corrected chi connectivity index (χ4v) is 8.01. The lowest BCUT2D eigenvalue weighted by atomic mass is 9.72. The number of benzene rings is 2. The highest BCUT2D eigenvalue weighted by Crippen LogP contribution is 2.53. The Morgan fingerprint density at radius 3 is 2.26 bits per heavy atom. The number of carbonyl (C=O) groups is 2. The van der Waals surface area contributed by atoms with Crippen molar-refractivity contribution in [1.82, 2.24) is 5.32 Å². The van der Waals surface area contributed by atoms with Crippen molar-refractivity contribution in [2.24, 2.45) is 11.8 Å². The standard InChI is InChI=1S/C26H28ClF3N2O6S/c1-13(33)12-31-23(34)11-26(36)15-3-4-16(26)8-18(7-15)39(37,38)22-6-14(2-5-19(22)27)25(35)32-17-9-20(28)24(30)21(29)10-17/h2,5-6,9-10,13,15-16,18,33,36H,3-4,7-8,11-12H2,1H3,(H,31,34)(H,32,35)/t13-,15+,16?,18?,26?/m1/s1. The molecular weight excluding hydrogens is 561 g/mol. The van der Waals surface area contributed by atoms with Crippen molar-refractivity contribution in [2.45, 2.75) is 60.9 Å². The molecule has 0 saturated heterocycles. The Labute approximate surface area is 228 Å². The van der Waals surface area contributed by atoms with Gasteiger partial charge in [0, 0.05) is 29.9 Å². The second-order valence-corrected chi connectivity index (χ2v) is 12.9. The van der Waals surface area contributed by atoms with Gasteiger partial charge < -0.3 is 20.8 Å². The van der Waals surface area contributed by atoms with Gasteiger partial charge in [-0.25, -0.2) is 21.6 Å². The summed E-state index contributed by atoms with van der Waals surface area (Å²) in [5, 5.41) is 24.4. The van der Waals surface area contributed by atoms with Gasteiger partial charge in [0.15, 0.2) is 27.3 Å². The number of halogens is 4. The van der Waals surface area contributed by atoms with E-state index in [2.05, 4.69) is 10.6 Å². The minimum atomic E-state index is -4.09. The van der Waals surface area contributed by atoms with Crippen LogP contribution in [0.3, 0.4) is 0 Å². The van der Waals surface area contributed by atoms with Gasteiger partial charge in [-0.3, -0.25) is 9.59 Å². The molecule has 0 spiro atoms. The molecule has 0 aromatic heterocycles. The van der Waals surface area contributed by atoms with Crippen LogP contribution in [0.25, 0.3) is 0 Å². The fourth-order valence-electron chi connectivity index (χ4n) is 5.61. The van der Waals surface area contributed by atoms with Crippen molar-refractivity contribution >= 4 is 38.9 Å². The zero-order valence-corrected chi connectivity index (χ0v) is 22.5. The molecule has 13 heteroatoms. The van der Waals surface area contributed by atoms with Gasteiger partial charge in [0.25, 0.3) is 5.91 Å². The highest BCUT2D eigenvalue weighted by Gasteiger charge is 2.56. The molecule has 2 aliphatic rings. The summed E-state index contributed by atoms with van der Waals surface area (Å²) in [5.41, 5.74) is -1.90. The van der Waals surface area contributed by atoms with Crippen LogP contribution in [0.15, 0.2) is 35.2 Å². The third-order valence-electron chi connectivity index (χ3n) is 7.59. The summed E-state index contributed by atoms with van der Waals surface area (Å²) >= 11 is 6.22. The largest absolute Gasteiger partial charge is 0.392 e. The van der Waals surface area contributed by atoms with Gasteiger partial charge in [0.05, 0.1) is 33.3 Å². The molecule has 2 saturated carbocycles. The molecule has 3 unspecified atom stereocenters. The van der Waals surface area contributed by atoms with Gasteiger partial charge >= 0.3 is 0 Å². The highest BCUT2D eigenvalue weighted by molar-refractivity contribution is 7.92. The first-order valence-electron chi connectivity index (χ1n) is 12.4. The van der Waals surface area contributed by atoms with Gasteiger partial charge in [0.1, 0.15) is 0 Å². The van der Waals surface area contributed by atoms with Gasteiger partial charge in [-0.05, 0) is 62.6 Å². The average molecular weight is 589 g/mol. The van der Waals surface area contributed by atoms with E-state index >= 15 is 0 Å². The second kappa shape index (κ2) is 11.1. The number of aliphatic hydroxyl groups excluding tert-OH is 1. The summed E-state index contributed by atoms with van der Waals surface area (Å²) < 4.78 is 67.6. The van der Waals surface area contributed by atoms with Gasteiger partial charge in [0.2, 0.25) is 5.91 Å². The molecule has 0 heterocycles. The number of hydrogen-bond acceptors (Lipinski definition) is 6. The predicted octanol–water partition coefficient (Wildman–Crippen LogP) is 3.59. The summed E-state index contributed by atoms with van der Waals surface area (Å²) in [6.45, 7) is 1.55. The van der Waals surface area contributed by atoms with Crippen molar-refractivity contribution in [3.05, 3.63) is 58.4 Å². The van der Waals surface area contributed by atoms with Crippen LogP contribution in [0, 0.1) is 29.3 Å². The van der Waals surface area contributed by atoms with E-state index in [1.165, 1.54) is 19.1 Å². The van der Waals surface area contributed by atoms with Crippen molar-refractivity contribution in [1.29, 1.82) is 0 Å². The molecule has 39 heavy (non-hydrogen) atoms. The van der Waals surface area contributed by atoms with Crippen LogP contribution < -0.4 is 10.6 Å². The smallest absolute Gasteiger partial charge is 0.255 e. The maximum absolute atomic E-state index is 13.7. The van der Waals surface area contributed by atoms with Crippen LogP contribution in [0.4, 0.5) is 18.9 Å². The van der Waals surface area contributed by atoms with Crippen molar-refractivity contribution < 1.29 is 41.4 Å². The number of fused-ring (bicyclic) bond motifs is 2. The second-order valence-electron chi connectivity index (χ2n) is 10.3. The Morgan fingerprint density at radius 2 is 1.69 bits per heavy atom. The molecule has 0 aliphatic heterocycles. The van der Waals surface area contributed by atoms with E-state index in [1.54, 1.807) is 0 Å². The molecule has 2 aromatic carbocycles. The number of sulfone groups is 1. The Hall–Kier alpha value is -2.67. The quantitative estimate of drug-likeness (QED) is 0.349. The summed E-state index contributed by atoms with van der Waals surface area (Å²) in [5.74, 6) is -6.94. The topological polar surface area (TPSA) is 133 Å². The maximum Gasteiger partial charge on any atom is 0.255 e. The number of anilines is 1. The summed E-state index contributed by atoms with van der Waals surface area (Å²) in [6.07, 6.45) is 0.292. The van der Waals surface area contributed by atoms with Crippen LogP contribution in [-0.2, 0) is 14.6 Å². The lowest BCUT2D eigenvalue weighted by molar-refractivity contribution is -0.133. The minimum Gasteiger partial charge on any atom is -0.392 e. The minimum absolute atomic E-state index is 0.0364. The SMILES string of the molecule is C[C@@H](O)CNC(=O)CC1(O)C2CC[C@H]1CC(S(=O)(=O)c1cc(C(=O)Nc3cc(F)c(F)c(F)c3)ccc1Cl)C2. The van der Waals surface area contributed by atoms with Crippen molar-refractivity contribution in [3.63, 3.8) is 0 Å². The number of amides is 2. The normalized spacial score (nSPS) is 25.3. The summed E-state index contributed by atoms with van der Waals surface area (Å²) in [4.78, 5) is 24.8. The van der Waals surface area contributed by atoms with Crippen molar-refractivity contribution in [3.8, 4) is 0 Å². The molecule has 0 radical (unpaired) electrons. The zero-order valence-electron chi connectivity index (χ0n) is 20.9. The molecule has 2 bridgehead atoms. The number of nitrogens with one attached hydrogen (secondary N) is 2. The maximum atomic E-state index is 13.7. The molecule has 2 fully saturated rings.